The molecule has 1 aromatic carbocycles. The van der Waals surface area contributed by atoms with Gasteiger partial charge in [-0.15, -0.1) is 0 Å². The topological polar surface area (TPSA) is 39.5 Å². The number of nitrogens with zero attached hydrogens (tertiary/aromatic N) is 3. The summed E-state index contributed by atoms with van der Waals surface area (Å²) in [6.07, 6.45) is 5.96. The summed E-state index contributed by atoms with van der Waals surface area (Å²) < 4.78 is 27.3. The van der Waals surface area contributed by atoms with Crippen LogP contribution >= 0.6 is 0 Å². The number of ether oxygens (including phenoxy) is 2. The van der Waals surface area contributed by atoms with Crippen LogP contribution in [0.1, 0.15) is 18.4 Å². The Bertz CT molecular complexity index is 676. The van der Waals surface area contributed by atoms with Crippen molar-refractivity contribution in [2.24, 2.45) is 0 Å². The van der Waals surface area contributed by atoms with E-state index in [4.69, 9.17) is 9.47 Å². The summed E-state index contributed by atoms with van der Waals surface area (Å²) in [6.45, 7) is 4.64. The Labute approximate surface area is 147 Å². The predicted octanol–water partition coefficient (Wildman–Crippen LogP) is 2.47. The lowest BCUT2D eigenvalue weighted by molar-refractivity contribution is -0.0904. The van der Waals surface area contributed by atoms with Crippen molar-refractivity contribution in [3.8, 4) is 0 Å². The molecule has 2 saturated heterocycles. The van der Waals surface area contributed by atoms with Crippen molar-refractivity contribution in [3.63, 3.8) is 0 Å². The van der Waals surface area contributed by atoms with Crippen LogP contribution in [0.2, 0.25) is 0 Å². The van der Waals surface area contributed by atoms with Gasteiger partial charge in [-0.1, -0.05) is 12.1 Å². The number of aromatic nitrogens is 2. The zero-order valence-corrected chi connectivity index (χ0v) is 14.3. The molecule has 0 N–H and O–H groups in total. The first kappa shape index (κ1) is 16.7. The van der Waals surface area contributed by atoms with Gasteiger partial charge < -0.3 is 9.47 Å². The van der Waals surface area contributed by atoms with Crippen LogP contribution in [0.25, 0.3) is 0 Å². The number of hydrogen-bond acceptors (Lipinski definition) is 4. The number of benzene rings is 1. The van der Waals surface area contributed by atoms with Gasteiger partial charge in [-0.2, -0.15) is 5.10 Å². The van der Waals surface area contributed by atoms with Crippen molar-refractivity contribution in [1.29, 1.82) is 0 Å². The van der Waals surface area contributed by atoms with Crippen molar-refractivity contribution >= 4 is 0 Å². The Hall–Kier alpha value is -1.76. The highest BCUT2D eigenvalue weighted by atomic mass is 19.1. The van der Waals surface area contributed by atoms with Crippen LogP contribution in [0.4, 0.5) is 4.39 Å². The van der Waals surface area contributed by atoms with Gasteiger partial charge in [0.15, 0.2) is 0 Å². The first-order chi connectivity index (χ1) is 12.2. The second-order valence-electron chi connectivity index (χ2n) is 7.08. The van der Waals surface area contributed by atoms with Crippen molar-refractivity contribution in [2.75, 3.05) is 26.3 Å². The van der Waals surface area contributed by atoms with Crippen LogP contribution in [-0.4, -0.2) is 52.7 Å². The Morgan fingerprint density at radius 2 is 2.16 bits per heavy atom. The molecular formula is C19H24FN3O2. The molecular weight excluding hydrogens is 321 g/mol. The summed E-state index contributed by atoms with van der Waals surface area (Å²) in [4.78, 5) is 2.36. The third kappa shape index (κ3) is 4.08. The fourth-order valence-corrected chi connectivity index (χ4v) is 3.83. The predicted molar refractivity (Wildman–Crippen MR) is 91.6 cm³/mol. The maximum absolute atomic E-state index is 13.1. The van der Waals surface area contributed by atoms with Gasteiger partial charge in [0.1, 0.15) is 11.4 Å². The molecule has 0 bridgehead atoms. The summed E-state index contributed by atoms with van der Waals surface area (Å²) in [5.74, 6) is -0.194. The third-order valence-electron chi connectivity index (χ3n) is 5.04. The van der Waals surface area contributed by atoms with Crippen LogP contribution in [-0.2, 0) is 22.6 Å². The van der Waals surface area contributed by atoms with Gasteiger partial charge in [0.2, 0.25) is 0 Å². The van der Waals surface area contributed by atoms with E-state index in [1.54, 1.807) is 6.20 Å². The van der Waals surface area contributed by atoms with Gasteiger partial charge in [-0.05, 0) is 36.6 Å². The Morgan fingerprint density at radius 1 is 1.28 bits per heavy atom. The average molecular weight is 345 g/mol. The molecule has 6 heteroatoms. The maximum Gasteiger partial charge on any atom is 0.123 e. The molecule has 2 aromatic rings. The fourth-order valence-electron chi connectivity index (χ4n) is 3.83. The molecule has 2 fully saturated rings. The summed E-state index contributed by atoms with van der Waals surface area (Å²) in [5.41, 5.74) is 0.874. The zero-order chi connectivity index (χ0) is 17.1. The molecule has 1 aromatic heterocycles. The third-order valence-corrected chi connectivity index (χ3v) is 5.04. The second-order valence-corrected chi connectivity index (χ2v) is 7.08. The zero-order valence-electron chi connectivity index (χ0n) is 14.3. The van der Waals surface area contributed by atoms with E-state index in [0.717, 1.165) is 44.6 Å². The minimum absolute atomic E-state index is 0.175. The highest BCUT2D eigenvalue weighted by molar-refractivity contribution is 5.16. The molecule has 2 atom stereocenters. The first-order valence-electron chi connectivity index (χ1n) is 8.91. The minimum atomic E-state index is -0.242. The molecule has 2 aliphatic heterocycles. The Kier molecular flexibility index (Phi) is 4.83. The summed E-state index contributed by atoms with van der Waals surface area (Å²) in [5, 5.41) is 4.27. The largest absolute Gasteiger partial charge is 0.377 e. The maximum atomic E-state index is 13.1. The molecule has 4 rings (SSSR count). The Balaban J connectivity index is 1.40. The Morgan fingerprint density at radius 3 is 2.96 bits per heavy atom. The van der Waals surface area contributed by atoms with Gasteiger partial charge >= 0.3 is 0 Å². The van der Waals surface area contributed by atoms with E-state index in [0.29, 0.717) is 13.2 Å². The average Bonchev–Trinajstić information content (AvgIpc) is 3.20. The number of hydrogen-bond donors (Lipinski definition) is 0. The van der Waals surface area contributed by atoms with E-state index in [1.807, 2.05) is 29.1 Å². The van der Waals surface area contributed by atoms with Gasteiger partial charge in [0, 0.05) is 32.0 Å². The molecule has 0 unspecified atom stereocenters. The van der Waals surface area contributed by atoms with E-state index in [1.165, 1.54) is 12.1 Å². The molecule has 25 heavy (non-hydrogen) atoms. The highest BCUT2D eigenvalue weighted by Gasteiger charge is 2.43. The lowest BCUT2D eigenvalue weighted by Crippen LogP contribution is -2.44. The van der Waals surface area contributed by atoms with Crippen LogP contribution in [0, 0.1) is 5.82 Å². The van der Waals surface area contributed by atoms with Crippen molar-refractivity contribution in [1.82, 2.24) is 14.7 Å². The standard InChI is InChI=1S/C19H24FN3O2/c20-17-4-2-16(3-5-17)12-22-10-11-24-15-19(14-22)7-6-18(25-19)13-23-9-1-8-21-23/h1-5,8-9,18H,6-7,10-15H2/t18-,19+/m0/s1. The summed E-state index contributed by atoms with van der Waals surface area (Å²) in [6, 6.07) is 8.68. The molecule has 2 aliphatic rings. The smallest absolute Gasteiger partial charge is 0.123 e. The summed E-state index contributed by atoms with van der Waals surface area (Å²) in [7, 11) is 0. The van der Waals surface area contributed by atoms with Crippen LogP contribution in [0.3, 0.4) is 0 Å². The molecule has 0 saturated carbocycles. The van der Waals surface area contributed by atoms with E-state index in [-0.39, 0.29) is 17.5 Å². The van der Waals surface area contributed by atoms with E-state index in [9.17, 15) is 4.39 Å². The van der Waals surface area contributed by atoms with Gasteiger partial charge in [-0.25, -0.2) is 4.39 Å². The van der Waals surface area contributed by atoms with Crippen LogP contribution in [0.5, 0.6) is 0 Å². The molecule has 0 amide bonds. The van der Waals surface area contributed by atoms with E-state index >= 15 is 0 Å². The van der Waals surface area contributed by atoms with E-state index in [2.05, 4.69) is 10.00 Å². The molecule has 1 spiro atoms. The molecule has 3 heterocycles. The van der Waals surface area contributed by atoms with Gasteiger partial charge in [0.25, 0.3) is 0 Å². The van der Waals surface area contributed by atoms with Crippen LogP contribution < -0.4 is 0 Å². The molecule has 5 nitrogen and oxygen atoms in total. The van der Waals surface area contributed by atoms with Gasteiger partial charge in [0.05, 0.1) is 25.9 Å². The highest BCUT2D eigenvalue weighted by Crippen LogP contribution is 2.34. The second kappa shape index (κ2) is 7.23. The normalized spacial score (nSPS) is 27.6. The monoisotopic (exact) mass is 345 g/mol. The molecule has 0 radical (unpaired) electrons. The lowest BCUT2D eigenvalue weighted by atomic mass is 10.00. The van der Waals surface area contributed by atoms with Crippen molar-refractivity contribution < 1.29 is 13.9 Å². The minimum Gasteiger partial charge on any atom is -0.377 e. The van der Waals surface area contributed by atoms with Crippen molar-refractivity contribution in [2.45, 2.75) is 37.6 Å². The molecule has 0 aliphatic carbocycles. The van der Waals surface area contributed by atoms with Crippen LogP contribution in [0.15, 0.2) is 42.7 Å². The lowest BCUT2D eigenvalue weighted by Gasteiger charge is -2.32. The number of rotatable bonds is 4. The van der Waals surface area contributed by atoms with Crippen molar-refractivity contribution in [3.05, 3.63) is 54.1 Å². The summed E-state index contributed by atoms with van der Waals surface area (Å²) >= 11 is 0. The first-order valence-corrected chi connectivity index (χ1v) is 8.91. The molecule has 134 valence electrons. The quantitative estimate of drug-likeness (QED) is 0.853. The van der Waals surface area contributed by atoms with Gasteiger partial charge in [-0.3, -0.25) is 9.58 Å². The fraction of sp³-hybridized carbons (Fsp3) is 0.526. The number of halogens is 1. The van der Waals surface area contributed by atoms with E-state index < -0.39 is 0 Å². The SMILES string of the molecule is Fc1ccc(CN2CCOC[C@@]3(CC[C@@H](Cn4cccn4)O3)C2)cc1.